The fourth-order valence-electron chi connectivity index (χ4n) is 1.69. The number of carbonyl (C=O) groups excluding carboxylic acids is 1. The smallest absolute Gasteiger partial charge is 0.252 e. The highest BCUT2D eigenvalue weighted by Crippen LogP contribution is 2.17. The summed E-state index contributed by atoms with van der Waals surface area (Å²) in [5.74, 6) is -0.726. The lowest BCUT2D eigenvalue weighted by Gasteiger charge is -2.06. The van der Waals surface area contributed by atoms with Gasteiger partial charge in [0.15, 0.2) is 0 Å². The Labute approximate surface area is 118 Å². The Bertz CT molecular complexity index is 597. The van der Waals surface area contributed by atoms with Gasteiger partial charge in [0, 0.05) is 24.3 Å². The van der Waals surface area contributed by atoms with Crippen molar-refractivity contribution in [2.75, 3.05) is 6.54 Å². The number of aryl methyl sites for hydroxylation is 1. The molecule has 0 atom stereocenters. The third-order valence-electron chi connectivity index (χ3n) is 2.63. The van der Waals surface area contributed by atoms with E-state index < -0.39 is 5.82 Å². The number of aromatic nitrogens is 2. The van der Waals surface area contributed by atoms with Crippen molar-refractivity contribution in [3.05, 3.63) is 52.0 Å². The third-order valence-corrected chi connectivity index (χ3v) is 3.32. The van der Waals surface area contributed by atoms with E-state index in [9.17, 15) is 9.18 Å². The van der Waals surface area contributed by atoms with Crippen molar-refractivity contribution in [3.8, 4) is 0 Å². The number of rotatable bonds is 4. The highest BCUT2D eigenvalue weighted by Gasteiger charge is 2.10. The Kier molecular flexibility index (Phi) is 4.31. The quantitative estimate of drug-likeness (QED) is 0.937. The molecule has 0 aliphatic carbocycles. The zero-order valence-corrected chi connectivity index (χ0v) is 11.9. The molecule has 1 aromatic heterocycles. The molecule has 2 aromatic rings. The molecule has 0 aliphatic rings. The van der Waals surface area contributed by atoms with Crippen LogP contribution in [0.3, 0.4) is 0 Å². The van der Waals surface area contributed by atoms with Gasteiger partial charge in [0.25, 0.3) is 5.91 Å². The van der Waals surface area contributed by atoms with Gasteiger partial charge in [-0.05, 0) is 46.1 Å². The van der Waals surface area contributed by atoms with Crippen LogP contribution in [0.4, 0.5) is 4.39 Å². The molecule has 0 saturated heterocycles. The van der Waals surface area contributed by atoms with E-state index in [4.69, 9.17) is 0 Å². The summed E-state index contributed by atoms with van der Waals surface area (Å²) in [7, 11) is 1.84. The molecule has 1 aromatic carbocycles. The van der Waals surface area contributed by atoms with Gasteiger partial charge in [-0.3, -0.25) is 9.48 Å². The normalized spacial score (nSPS) is 10.5. The first kappa shape index (κ1) is 13.7. The number of benzene rings is 1. The first-order chi connectivity index (χ1) is 9.06. The van der Waals surface area contributed by atoms with Crippen molar-refractivity contribution in [2.24, 2.45) is 7.05 Å². The van der Waals surface area contributed by atoms with Crippen LogP contribution in [0.5, 0.6) is 0 Å². The van der Waals surface area contributed by atoms with E-state index in [1.807, 2.05) is 13.2 Å². The molecular formula is C13H13BrFN3O. The van der Waals surface area contributed by atoms with Gasteiger partial charge in [-0.1, -0.05) is 0 Å². The van der Waals surface area contributed by atoms with Crippen LogP contribution in [0.25, 0.3) is 0 Å². The zero-order chi connectivity index (χ0) is 13.8. The highest BCUT2D eigenvalue weighted by atomic mass is 79.9. The lowest BCUT2D eigenvalue weighted by molar-refractivity contribution is 0.0953. The van der Waals surface area contributed by atoms with E-state index in [2.05, 4.69) is 26.3 Å². The maximum Gasteiger partial charge on any atom is 0.252 e. The fourth-order valence-corrected chi connectivity index (χ4v) is 2.11. The number of nitrogens with one attached hydrogen (secondary N) is 1. The second-order valence-electron chi connectivity index (χ2n) is 4.15. The second-order valence-corrected chi connectivity index (χ2v) is 5.01. The first-order valence-electron chi connectivity index (χ1n) is 5.77. The lowest BCUT2D eigenvalue weighted by Crippen LogP contribution is -2.26. The molecule has 0 unspecified atom stereocenters. The van der Waals surface area contributed by atoms with Crippen molar-refractivity contribution >= 4 is 21.8 Å². The number of hydrogen-bond donors (Lipinski definition) is 1. The molecule has 100 valence electrons. The summed E-state index contributed by atoms with van der Waals surface area (Å²) in [5, 5.41) is 6.80. The Hall–Kier alpha value is -1.69. The van der Waals surface area contributed by atoms with E-state index in [1.165, 1.54) is 18.2 Å². The average molecular weight is 326 g/mol. The van der Waals surface area contributed by atoms with Crippen molar-refractivity contribution in [2.45, 2.75) is 6.42 Å². The van der Waals surface area contributed by atoms with Gasteiger partial charge in [-0.15, -0.1) is 0 Å². The maximum absolute atomic E-state index is 13.1. The highest BCUT2D eigenvalue weighted by molar-refractivity contribution is 9.10. The number of halogens is 2. The Morgan fingerprint density at radius 3 is 3.00 bits per heavy atom. The second kappa shape index (κ2) is 5.97. The van der Waals surface area contributed by atoms with Crippen LogP contribution in [-0.4, -0.2) is 22.2 Å². The van der Waals surface area contributed by atoms with E-state index in [0.717, 1.165) is 5.56 Å². The van der Waals surface area contributed by atoms with Crippen LogP contribution in [-0.2, 0) is 13.5 Å². The van der Waals surface area contributed by atoms with E-state index in [-0.39, 0.29) is 5.91 Å². The predicted molar refractivity (Wildman–Crippen MR) is 73.3 cm³/mol. The first-order valence-corrected chi connectivity index (χ1v) is 6.56. The molecule has 6 heteroatoms. The summed E-state index contributed by atoms with van der Waals surface area (Å²) in [4.78, 5) is 11.9. The molecule has 0 bridgehead atoms. The Morgan fingerprint density at radius 1 is 1.53 bits per heavy atom. The van der Waals surface area contributed by atoms with E-state index >= 15 is 0 Å². The van der Waals surface area contributed by atoms with Crippen molar-refractivity contribution in [1.29, 1.82) is 0 Å². The number of amides is 1. The fraction of sp³-hybridized carbons (Fsp3) is 0.231. The molecule has 1 amide bonds. The minimum atomic E-state index is -0.430. The number of nitrogens with zero attached hydrogens (tertiary/aromatic N) is 2. The molecule has 0 fully saturated rings. The maximum atomic E-state index is 13.1. The van der Waals surface area contributed by atoms with Crippen LogP contribution >= 0.6 is 15.9 Å². The SMILES string of the molecule is Cn1cc(CCNC(=O)c2cc(F)ccc2Br)cn1. The molecule has 19 heavy (non-hydrogen) atoms. The van der Waals surface area contributed by atoms with Gasteiger partial charge in [-0.2, -0.15) is 5.10 Å². The topological polar surface area (TPSA) is 46.9 Å². The van der Waals surface area contributed by atoms with Gasteiger partial charge in [0.05, 0.1) is 11.8 Å². The molecule has 0 radical (unpaired) electrons. The van der Waals surface area contributed by atoms with E-state index in [0.29, 0.717) is 23.0 Å². The number of carbonyl (C=O) groups is 1. The average Bonchev–Trinajstić information content (AvgIpc) is 2.78. The molecule has 0 spiro atoms. The van der Waals surface area contributed by atoms with Crippen LogP contribution < -0.4 is 5.32 Å². The summed E-state index contributed by atoms with van der Waals surface area (Å²) >= 11 is 3.23. The van der Waals surface area contributed by atoms with Crippen LogP contribution in [0, 0.1) is 5.82 Å². The molecular weight excluding hydrogens is 313 g/mol. The summed E-state index contributed by atoms with van der Waals surface area (Å²) < 4.78 is 15.4. The molecule has 0 saturated carbocycles. The van der Waals surface area contributed by atoms with Gasteiger partial charge in [-0.25, -0.2) is 4.39 Å². The Morgan fingerprint density at radius 2 is 2.32 bits per heavy atom. The number of hydrogen-bond acceptors (Lipinski definition) is 2. The largest absolute Gasteiger partial charge is 0.352 e. The summed E-state index contributed by atoms with van der Waals surface area (Å²) in [6.45, 7) is 0.480. The van der Waals surface area contributed by atoms with Crippen LogP contribution in [0.2, 0.25) is 0 Å². The van der Waals surface area contributed by atoms with Crippen LogP contribution in [0.1, 0.15) is 15.9 Å². The van der Waals surface area contributed by atoms with Crippen molar-refractivity contribution in [3.63, 3.8) is 0 Å². The minimum absolute atomic E-state index is 0.296. The predicted octanol–water partition coefficient (Wildman–Crippen LogP) is 2.29. The molecule has 1 heterocycles. The van der Waals surface area contributed by atoms with Gasteiger partial charge < -0.3 is 5.32 Å². The van der Waals surface area contributed by atoms with Gasteiger partial charge in [0.2, 0.25) is 0 Å². The monoisotopic (exact) mass is 325 g/mol. The molecule has 2 rings (SSSR count). The standard InChI is InChI=1S/C13H13BrFN3O/c1-18-8-9(7-17-18)4-5-16-13(19)11-6-10(15)2-3-12(11)14/h2-3,6-8H,4-5H2,1H3,(H,16,19). The van der Waals surface area contributed by atoms with Crippen molar-refractivity contribution in [1.82, 2.24) is 15.1 Å². The minimum Gasteiger partial charge on any atom is -0.352 e. The van der Waals surface area contributed by atoms with Gasteiger partial charge >= 0.3 is 0 Å². The molecule has 0 aliphatic heterocycles. The third kappa shape index (κ3) is 3.64. The Balaban J connectivity index is 1.92. The summed E-state index contributed by atoms with van der Waals surface area (Å²) in [5.41, 5.74) is 1.34. The van der Waals surface area contributed by atoms with E-state index in [1.54, 1.807) is 10.9 Å². The van der Waals surface area contributed by atoms with Gasteiger partial charge in [0.1, 0.15) is 5.82 Å². The van der Waals surface area contributed by atoms with Crippen molar-refractivity contribution < 1.29 is 9.18 Å². The summed E-state index contributed by atoms with van der Waals surface area (Å²) in [6.07, 6.45) is 4.33. The molecule has 4 nitrogen and oxygen atoms in total. The van der Waals surface area contributed by atoms with Crippen LogP contribution in [0.15, 0.2) is 35.1 Å². The molecule has 1 N–H and O–H groups in total. The zero-order valence-electron chi connectivity index (χ0n) is 10.4. The summed E-state index contributed by atoms with van der Waals surface area (Å²) in [6, 6.07) is 4.03. The lowest BCUT2D eigenvalue weighted by atomic mass is 10.2.